The van der Waals surface area contributed by atoms with Crippen LogP contribution in [0, 0.1) is 17.6 Å². The Hall–Kier alpha value is -2.41. The van der Waals surface area contributed by atoms with E-state index in [1.807, 2.05) is 27.7 Å². The summed E-state index contributed by atoms with van der Waals surface area (Å²) in [5.74, 6) is -1.84. The van der Waals surface area contributed by atoms with Gasteiger partial charge in [0, 0.05) is 24.4 Å². The molecule has 7 heteroatoms. The van der Waals surface area contributed by atoms with E-state index in [0.717, 1.165) is 12.5 Å². The molecule has 162 valence electrons. The predicted octanol–water partition coefficient (Wildman–Crippen LogP) is 4.53. The summed E-state index contributed by atoms with van der Waals surface area (Å²) in [6.07, 6.45) is 2.32. The fraction of sp³-hybridized carbons (Fsp3) is 0.500. The number of ether oxygens (including phenoxy) is 1. The molecule has 5 nitrogen and oxygen atoms in total. The second kappa shape index (κ2) is 11.6. The molecule has 1 aromatic carbocycles. The van der Waals surface area contributed by atoms with Crippen LogP contribution in [-0.2, 0) is 9.53 Å². The van der Waals surface area contributed by atoms with Crippen LogP contribution in [0.2, 0.25) is 0 Å². The zero-order valence-electron chi connectivity index (χ0n) is 18.0. The Kier molecular flexibility index (Phi) is 9.81. The molecular formula is C22H33F2N3O2. The maximum absolute atomic E-state index is 14.4. The number of carbonyl (C=O) groups is 1. The highest BCUT2D eigenvalue weighted by molar-refractivity contribution is 5.90. The molecule has 1 fully saturated rings. The molecule has 0 spiro atoms. The van der Waals surface area contributed by atoms with Gasteiger partial charge >= 0.3 is 5.97 Å². The molecule has 1 heterocycles. The van der Waals surface area contributed by atoms with Crippen molar-refractivity contribution in [2.45, 2.75) is 47.1 Å². The van der Waals surface area contributed by atoms with E-state index in [9.17, 15) is 13.6 Å². The SMILES string of the molecule is C=CN1CC(c2c(F)ccc(N)c2F)NC/C1=C(\C(=O)OCC)C(C)CC.CC. The van der Waals surface area contributed by atoms with Gasteiger partial charge in [-0.3, -0.25) is 0 Å². The number of esters is 1. The molecule has 0 aromatic heterocycles. The van der Waals surface area contributed by atoms with E-state index >= 15 is 0 Å². The van der Waals surface area contributed by atoms with Crippen LogP contribution in [0.5, 0.6) is 0 Å². The first-order valence-electron chi connectivity index (χ1n) is 10.1. The van der Waals surface area contributed by atoms with Gasteiger partial charge in [-0.05, 0) is 37.6 Å². The van der Waals surface area contributed by atoms with Gasteiger partial charge in [-0.15, -0.1) is 0 Å². The van der Waals surface area contributed by atoms with Crippen molar-refractivity contribution in [3.05, 3.63) is 53.4 Å². The number of benzene rings is 1. The van der Waals surface area contributed by atoms with Gasteiger partial charge in [-0.2, -0.15) is 0 Å². The molecule has 1 aromatic rings. The molecule has 0 radical (unpaired) electrons. The molecule has 29 heavy (non-hydrogen) atoms. The molecule has 3 N–H and O–H groups in total. The minimum absolute atomic E-state index is 0.0271. The van der Waals surface area contributed by atoms with Gasteiger partial charge < -0.3 is 20.7 Å². The topological polar surface area (TPSA) is 67.6 Å². The second-order valence-electron chi connectivity index (χ2n) is 6.52. The molecule has 0 saturated carbocycles. The van der Waals surface area contributed by atoms with E-state index in [4.69, 9.17) is 10.5 Å². The van der Waals surface area contributed by atoms with Crippen molar-refractivity contribution in [1.82, 2.24) is 10.2 Å². The van der Waals surface area contributed by atoms with Crippen LogP contribution in [0.3, 0.4) is 0 Å². The Morgan fingerprint density at radius 1 is 1.41 bits per heavy atom. The van der Waals surface area contributed by atoms with Crippen LogP contribution in [0.15, 0.2) is 36.2 Å². The van der Waals surface area contributed by atoms with Crippen molar-refractivity contribution in [2.24, 2.45) is 5.92 Å². The number of piperazine rings is 1. The minimum Gasteiger partial charge on any atom is -0.463 e. The zero-order chi connectivity index (χ0) is 22.1. The molecule has 0 bridgehead atoms. The van der Waals surface area contributed by atoms with Gasteiger partial charge in [0.1, 0.15) is 5.82 Å². The molecular weight excluding hydrogens is 376 g/mol. The molecule has 2 rings (SSSR count). The number of nitrogens with zero attached hydrogens (tertiary/aromatic N) is 1. The summed E-state index contributed by atoms with van der Waals surface area (Å²) in [6.45, 7) is 14.2. The van der Waals surface area contributed by atoms with Gasteiger partial charge in [-0.1, -0.05) is 34.3 Å². The molecule has 0 aliphatic carbocycles. The number of nitrogen functional groups attached to an aromatic ring is 1. The van der Waals surface area contributed by atoms with Gasteiger partial charge in [0.25, 0.3) is 0 Å². The Morgan fingerprint density at radius 2 is 2.07 bits per heavy atom. The Bertz CT molecular complexity index is 750. The molecule has 2 atom stereocenters. The first kappa shape index (κ1) is 24.6. The summed E-state index contributed by atoms with van der Waals surface area (Å²) in [5, 5.41) is 3.12. The van der Waals surface area contributed by atoms with E-state index < -0.39 is 17.7 Å². The van der Waals surface area contributed by atoms with Crippen molar-refractivity contribution >= 4 is 11.7 Å². The van der Waals surface area contributed by atoms with Crippen molar-refractivity contribution in [1.29, 1.82) is 0 Å². The standard InChI is InChI=1S/C20H27F2N3O2.C2H6/c1-5-12(4)17(20(26)27-7-3)16-10-24-15(11-25(16)6-2)18-13(21)8-9-14(23)19(18)22;1-2/h6,8-9,12,15,24H,2,5,7,10-11,23H2,1,3-4H3;1-2H3/b17-16+;. The first-order valence-corrected chi connectivity index (χ1v) is 10.1. The number of nitrogens with two attached hydrogens (primary N) is 1. The number of nitrogens with one attached hydrogen (secondary N) is 1. The highest BCUT2D eigenvalue weighted by atomic mass is 19.1. The van der Waals surface area contributed by atoms with E-state index in [-0.39, 0.29) is 42.8 Å². The van der Waals surface area contributed by atoms with Crippen molar-refractivity contribution in [2.75, 3.05) is 25.4 Å². The summed E-state index contributed by atoms with van der Waals surface area (Å²) in [7, 11) is 0. The third kappa shape index (κ3) is 5.56. The van der Waals surface area contributed by atoms with E-state index in [1.165, 1.54) is 6.07 Å². The lowest BCUT2D eigenvalue weighted by atomic mass is 9.93. The van der Waals surface area contributed by atoms with E-state index in [0.29, 0.717) is 11.3 Å². The summed E-state index contributed by atoms with van der Waals surface area (Å²) in [6, 6.07) is 1.73. The Balaban J connectivity index is 0.00000204. The summed E-state index contributed by atoms with van der Waals surface area (Å²) >= 11 is 0. The Morgan fingerprint density at radius 3 is 2.62 bits per heavy atom. The third-order valence-corrected chi connectivity index (χ3v) is 4.88. The third-order valence-electron chi connectivity index (χ3n) is 4.88. The first-order chi connectivity index (χ1) is 13.8. The summed E-state index contributed by atoms with van der Waals surface area (Å²) in [4.78, 5) is 14.3. The average molecular weight is 410 g/mol. The van der Waals surface area contributed by atoms with Crippen LogP contribution >= 0.6 is 0 Å². The van der Waals surface area contributed by atoms with Crippen LogP contribution in [0.4, 0.5) is 14.5 Å². The lowest BCUT2D eigenvalue weighted by Gasteiger charge is -2.37. The van der Waals surface area contributed by atoms with Gasteiger partial charge in [-0.25, -0.2) is 13.6 Å². The van der Waals surface area contributed by atoms with Crippen molar-refractivity contribution < 1.29 is 18.3 Å². The minimum atomic E-state index is -0.767. The largest absolute Gasteiger partial charge is 0.463 e. The fourth-order valence-electron chi connectivity index (χ4n) is 3.24. The van der Waals surface area contributed by atoms with Gasteiger partial charge in [0.05, 0.1) is 23.9 Å². The second-order valence-corrected chi connectivity index (χ2v) is 6.52. The zero-order valence-corrected chi connectivity index (χ0v) is 18.0. The van der Waals surface area contributed by atoms with Crippen molar-refractivity contribution in [3.63, 3.8) is 0 Å². The highest BCUT2D eigenvalue weighted by Gasteiger charge is 2.32. The van der Waals surface area contributed by atoms with E-state index in [1.54, 1.807) is 18.0 Å². The Labute approximate surface area is 172 Å². The number of carbonyl (C=O) groups excluding carboxylic acids is 1. The molecule has 2 unspecified atom stereocenters. The summed E-state index contributed by atoms with van der Waals surface area (Å²) < 4.78 is 33.9. The smallest absolute Gasteiger partial charge is 0.336 e. The normalized spacial score (nSPS) is 19.0. The quantitative estimate of drug-likeness (QED) is 0.411. The fourth-order valence-corrected chi connectivity index (χ4v) is 3.24. The monoisotopic (exact) mass is 409 g/mol. The average Bonchev–Trinajstić information content (AvgIpc) is 2.73. The van der Waals surface area contributed by atoms with Gasteiger partial charge in [0.2, 0.25) is 0 Å². The van der Waals surface area contributed by atoms with Gasteiger partial charge in [0.15, 0.2) is 5.82 Å². The molecule has 1 saturated heterocycles. The molecule has 0 amide bonds. The number of halogens is 2. The number of hydrogen-bond acceptors (Lipinski definition) is 5. The number of anilines is 1. The van der Waals surface area contributed by atoms with E-state index in [2.05, 4.69) is 11.9 Å². The maximum atomic E-state index is 14.4. The highest BCUT2D eigenvalue weighted by Crippen LogP contribution is 2.31. The van der Waals surface area contributed by atoms with Crippen LogP contribution in [0.1, 0.15) is 52.6 Å². The lowest BCUT2D eigenvalue weighted by Crippen LogP contribution is -2.44. The molecule has 1 aliphatic heterocycles. The van der Waals surface area contributed by atoms with Crippen LogP contribution < -0.4 is 11.1 Å². The van der Waals surface area contributed by atoms with Crippen LogP contribution in [0.25, 0.3) is 0 Å². The number of hydrogen-bond donors (Lipinski definition) is 2. The number of rotatable bonds is 6. The lowest BCUT2D eigenvalue weighted by molar-refractivity contribution is -0.139. The van der Waals surface area contributed by atoms with Crippen LogP contribution in [-0.4, -0.2) is 30.6 Å². The van der Waals surface area contributed by atoms with Crippen molar-refractivity contribution in [3.8, 4) is 0 Å². The summed E-state index contributed by atoms with van der Waals surface area (Å²) in [5.41, 5.74) is 6.64. The predicted molar refractivity (Wildman–Crippen MR) is 113 cm³/mol. The maximum Gasteiger partial charge on any atom is 0.336 e. The molecule has 1 aliphatic rings.